The number of para-hydroxylation sites is 1. The topological polar surface area (TPSA) is 53.5 Å². The minimum absolute atomic E-state index is 0.0580. The van der Waals surface area contributed by atoms with Crippen LogP contribution in [0.25, 0.3) is 0 Å². The summed E-state index contributed by atoms with van der Waals surface area (Å²) in [7, 11) is 1.91. The van der Waals surface area contributed by atoms with Gasteiger partial charge in [-0.1, -0.05) is 23.7 Å². The van der Waals surface area contributed by atoms with Crippen LogP contribution in [0.15, 0.2) is 30.5 Å². The number of benzene rings is 1. The normalized spacial score (nSPS) is 10.8. The van der Waals surface area contributed by atoms with Crippen molar-refractivity contribution >= 4 is 36.9 Å². The Morgan fingerprint density at radius 2 is 1.80 bits per heavy atom. The zero-order valence-corrected chi connectivity index (χ0v) is 13.1. The average molecular weight is 333 g/mol. The predicted octanol–water partition coefficient (Wildman–Crippen LogP) is 3.81. The minimum Gasteiger partial charge on any atom is -0.437 e. The first kappa shape index (κ1) is 15.4. The summed E-state index contributed by atoms with van der Waals surface area (Å²) in [5, 5.41) is 1.10. The van der Waals surface area contributed by atoms with Gasteiger partial charge in [-0.05, 0) is 23.7 Å². The maximum atomic E-state index is 5.98. The van der Waals surface area contributed by atoms with Gasteiger partial charge in [-0.15, -0.1) is 0 Å². The maximum Gasteiger partial charge on any atom is 0.242 e. The molecule has 2 aromatic rings. The highest BCUT2D eigenvalue weighted by Crippen LogP contribution is 2.39. The van der Waals surface area contributed by atoms with Gasteiger partial charge in [0.15, 0.2) is 0 Å². The SMILES string of the molecule is COP(OC)c1ccccc1Oc1nc(Cl)ncc1Cl. The van der Waals surface area contributed by atoms with Crippen LogP contribution in [0, 0.1) is 0 Å². The van der Waals surface area contributed by atoms with E-state index in [1.54, 1.807) is 20.3 Å². The van der Waals surface area contributed by atoms with Crippen LogP contribution in [-0.4, -0.2) is 24.2 Å². The van der Waals surface area contributed by atoms with Crippen LogP contribution in [0.1, 0.15) is 0 Å². The van der Waals surface area contributed by atoms with Crippen LogP contribution in [-0.2, 0) is 9.05 Å². The van der Waals surface area contributed by atoms with Crippen LogP contribution in [0.3, 0.4) is 0 Å². The van der Waals surface area contributed by atoms with Crippen molar-refractivity contribution in [1.29, 1.82) is 0 Å². The number of nitrogens with zero attached hydrogens (tertiary/aromatic N) is 2. The Bertz CT molecular complexity index is 597. The molecule has 0 saturated heterocycles. The summed E-state index contributed by atoms with van der Waals surface area (Å²) in [6.45, 7) is 0. The van der Waals surface area contributed by atoms with Gasteiger partial charge in [0.1, 0.15) is 10.8 Å². The van der Waals surface area contributed by atoms with E-state index in [-0.39, 0.29) is 16.2 Å². The third-order valence-corrected chi connectivity index (χ3v) is 4.15. The Labute approximate surface area is 127 Å². The van der Waals surface area contributed by atoms with Crippen LogP contribution in [0.4, 0.5) is 0 Å². The quantitative estimate of drug-likeness (QED) is 0.615. The number of hydrogen-bond donors (Lipinski definition) is 0. The molecule has 0 amide bonds. The van der Waals surface area contributed by atoms with Gasteiger partial charge in [0, 0.05) is 14.2 Å². The van der Waals surface area contributed by atoms with Gasteiger partial charge in [0.05, 0.1) is 11.5 Å². The summed E-state index contributed by atoms with van der Waals surface area (Å²) in [6.07, 6.45) is 1.38. The summed E-state index contributed by atoms with van der Waals surface area (Å²) >= 11 is 11.7. The third kappa shape index (κ3) is 3.57. The van der Waals surface area contributed by atoms with E-state index >= 15 is 0 Å². The Morgan fingerprint density at radius 1 is 1.10 bits per heavy atom. The van der Waals surface area contributed by atoms with E-state index in [1.807, 2.05) is 18.2 Å². The van der Waals surface area contributed by atoms with Crippen LogP contribution in [0.2, 0.25) is 10.3 Å². The first-order chi connectivity index (χ1) is 9.65. The monoisotopic (exact) mass is 332 g/mol. The van der Waals surface area contributed by atoms with E-state index in [0.717, 1.165) is 5.30 Å². The molecule has 0 fully saturated rings. The fourth-order valence-corrected chi connectivity index (χ4v) is 2.78. The summed E-state index contributed by atoms with van der Waals surface area (Å²) < 4.78 is 16.3. The van der Waals surface area contributed by atoms with Gasteiger partial charge in [-0.3, -0.25) is 0 Å². The van der Waals surface area contributed by atoms with Crippen LogP contribution < -0.4 is 10.0 Å². The maximum absolute atomic E-state index is 5.98. The van der Waals surface area contributed by atoms with Crippen molar-refractivity contribution in [1.82, 2.24) is 9.97 Å². The van der Waals surface area contributed by atoms with Gasteiger partial charge in [-0.2, -0.15) is 4.98 Å². The lowest BCUT2D eigenvalue weighted by Crippen LogP contribution is -2.07. The second-order valence-electron chi connectivity index (χ2n) is 3.48. The molecule has 106 valence electrons. The molecule has 0 atom stereocenters. The molecule has 0 spiro atoms. The molecule has 1 heterocycles. The molecular weight excluding hydrogens is 322 g/mol. The molecule has 5 nitrogen and oxygen atoms in total. The van der Waals surface area contributed by atoms with E-state index in [2.05, 4.69) is 9.97 Å². The fourth-order valence-electron chi connectivity index (χ4n) is 1.47. The van der Waals surface area contributed by atoms with Crippen molar-refractivity contribution in [3.8, 4) is 11.6 Å². The standard InChI is InChI=1S/C12H11Cl2N2O3P/c1-17-20(18-2)10-6-4-3-5-9(10)19-11-8(13)7-15-12(14)16-11/h3-7H,1-2H3. The molecule has 0 aliphatic heterocycles. The van der Waals surface area contributed by atoms with Gasteiger partial charge >= 0.3 is 0 Å². The molecule has 1 aromatic carbocycles. The van der Waals surface area contributed by atoms with Crippen LogP contribution in [0.5, 0.6) is 11.6 Å². The van der Waals surface area contributed by atoms with Crippen LogP contribution >= 0.6 is 31.6 Å². The van der Waals surface area contributed by atoms with Crippen molar-refractivity contribution in [3.05, 3.63) is 40.8 Å². The summed E-state index contributed by atoms with van der Waals surface area (Å²) in [4.78, 5) is 7.71. The molecule has 0 N–H and O–H groups in total. The molecule has 0 unspecified atom stereocenters. The van der Waals surface area contributed by atoms with Gasteiger partial charge < -0.3 is 13.8 Å². The Hall–Kier alpha value is -0.970. The molecule has 0 aliphatic rings. The lowest BCUT2D eigenvalue weighted by Gasteiger charge is -2.16. The summed E-state index contributed by atoms with van der Waals surface area (Å²) in [6, 6.07) is 7.32. The lowest BCUT2D eigenvalue weighted by molar-refractivity contribution is 0.349. The highest BCUT2D eigenvalue weighted by molar-refractivity contribution is 7.56. The molecule has 0 radical (unpaired) electrons. The number of ether oxygens (including phenoxy) is 1. The van der Waals surface area contributed by atoms with Crippen molar-refractivity contribution in [2.45, 2.75) is 0 Å². The van der Waals surface area contributed by atoms with E-state index in [1.165, 1.54) is 6.20 Å². The van der Waals surface area contributed by atoms with Crippen molar-refractivity contribution in [3.63, 3.8) is 0 Å². The lowest BCUT2D eigenvalue weighted by atomic mass is 10.3. The zero-order valence-electron chi connectivity index (χ0n) is 10.7. The molecule has 1 aromatic heterocycles. The second kappa shape index (κ2) is 7.16. The van der Waals surface area contributed by atoms with E-state index in [0.29, 0.717) is 5.75 Å². The zero-order chi connectivity index (χ0) is 14.5. The van der Waals surface area contributed by atoms with Crippen molar-refractivity contribution < 1.29 is 13.8 Å². The summed E-state index contributed by atoms with van der Waals surface area (Å²) in [5.41, 5.74) is 0. The Morgan fingerprint density at radius 3 is 2.50 bits per heavy atom. The number of hydrogen-bond acceptors (Lipinski definition) is 5. The third-order valence-electron chi connectivity index (χ3n) is 2.28. The molecule has 0 bridgehead atoms. The Kier molecular flexibility index (Phi) is 5.52. The molecule has 20 heavy (non-hydrogen) atoms. The number of rotatable bonds is 5. The first-order valence-corrected chi connectivity index (χ1v) is 7.42. The highest BCUT2D eigenvalue weighted by atomic mass is 35.5. The predicted molar refractivity (Wildman–Crippen MR) is 79.1 cm³/mol. The Balaban J connectivity index is 2.36. The fraction of sp³-hybridized carbons (Fsp3) is 0.167. The molecule has 2 rings (SSSR count). The summed E-state index contributed by atoms with van der Waals surface area (Å²) in [5.74, 6) is 0.722. The number of halogens is 2. The molecule has 0 saturated carbocycles. The second-order valence-corrected chi connectivity index (χ2v) is 5.96. The van der Waals surface area contributed by atoms with Gasteiger partial charge in [-0.25, -0.2) is 4.98 Å². The highest BCUT2D eigenvalue weighted by Gasteiger charge is 2.18. The molecule has 8 heteroatoms. The largest absolute Gasteiger partial charge is 0.437 e. The van der Waals surface area contributed by atoms with E-state index in [4.69, 9.17) is 37.0 Å². The van der Waals surface area contributed by atoms with E-state index in [9.17, 15) is 0 Å². The first-order valence-electron chi connectivity index (χ1n) is 5.49. The minimum atomic E-state index is -1.23. The molecular formula is C12H11Cl2N2O3P. The van der Waals surface area contributed by atoms with Gasteiger partial charge in [0.25, 0.3) is 0 Å². The van der Waals surface area contributed by atoms with E-state index < -0.39 is 8.38 Å². The number of aromatic nitrogens is 2. The van der Waals surface area contributed by atoms with Crippen molar-refractivity contribution in [2.75, 3.05) is 14.2 Å². The van der Waals surface area contributed by atoms with Gasteiger partial charge in [0.2, 0.25) is 19.5 Å². The van der Waals surface area contributed by atoms with Crippen molar-refractivity contribution in [2.24, 2.45) is 0 Å². The average Bonchev–Trinajstić information content (AvgIpc) is 2.46. The molecule has 0 aliphatic carbocycles. The smallest absolute Gasteiger partial charge is 0.242 e.